The van der Waals surface area contributed by atoms with Gasteiger partial charge in [-0.2, -0.15) is 0 Å². The van der Waals surface area contributed by atoms with Crippen molar-refractivity contribution in [2.75, 3.05) is 6.67 Å². The molecule has 0 radical (unpaired) electrons. The van der Waals surface area contributed by atoms with Gasteiger partial charge in [0.15, 0.2) is 0 Å². The van der Waals surface area contributed by atoms with E-state index in [-0.39, 0.29) is 18.5 Å². The van der Waals surface area contributed by atoms with E-state index < -0.39 is 5.97 Å². The number of rotatable bonds is 3. The van der Waals surface area contributed by atoms with Crippen LogP contribution >= 0.6 is 0 Å². The van der Waals surface area contributed by atoms with Crippen molar-refractivity contribution in [1.29, 1.82) is 0 Å². The van der Waals surface area contributed by atoms with Crippen molar-refractivity contribution in [2.45, 2.75) is 31.6 Å². The topological polar surface area (TPSA) is 37.3 Å². The van der Waals surface area contributed by atoms with Gasteiger partial charge in [-0.3, -0.25) is 4.39 Å². The first kappa shape index (κ1) is 12.1. The summed E-state index contributed by atoms with van der Waals surface area (Å²) in [7, 11) is 0. The van der Waals surface area contributed by atoms with Crippen molar-refractivity contribution in [2.24, 2.45) is 5.92 Å². The summed E-state index contributed by atoms with van der Waals surface area (Å²) in [5.41, 5.74) is 1.14. The fourth-order valence-corrected chi connectivity index (χ4v) is 2.82. The minimum Gasteiger partial charge on any atom is -0.478 e. The molecule has 0 heterocycles. The smallest absolute Gasteiger partial charge is 0.335 e. The van der Waals surface area contributed by atoms with E-state index in [1.165, 1.54) is 0 Å². The molecule has 0 aliphatic heterocycles. The van der Waals surface area contributed by atoms with Gasteiger partial charge in [-0.15, -0.1) is 0 Å². The van der Waals surface area contributed by atoms with Gasteiger partial charge < -0.3 is 5.11 Å². The zero-order valence-corrected chi connectivity index (χ0v) is 9.73. The highest BCUT2D eigenvalue weighted by molar-refractivity contribution is 5.89. The summed E-state index contributed by atoms with van der Waals surface area (Å²) in [5.74, 6) is -0.853. The molecule has 0 amide bonds. The molecule has 1 aliphatic carbocycles. The Hall–Kier alpha value is -1.38. The van der Waals surface area contributed by atoms with Gasteiger partial charge in [0.1, 0.15) is 0 Å². The van der Waals surface area contributed by atoms with E-state index >= 15 is 0 Å². The molecule has 2 unspecified atom stereocenters. The number of carboxylic acids is 1. The predicted octanol–water partition coefficient (Wildman–Crippen LogP) is 3.63. The Bertz CT molecular complexity index is 403. The van der Waals surface area contributed by atoms with Crippen LogP contribution in [0.3, 0.4) is 0 Å². The molecule has 17 heavy (non-hydrogen) atoms. The summed E-state index contributed by atoms with van der Waals surface area (Å²) < 4.78 is 13.0. The van der Waals surface area contributed by atoms with Gasteiger partial charge in [-0.05, 0) is 36.3 Å². The summed E-state index contributed by atoms with van der Waals surface area (Å²) in [4.78, 5) is 11.2. The maximum atomic E-state index is 13.0. The van der Waals surface area contributed by atoms with E-state index in [0.717, 1.165) is 31.2 Å². The molecule has 2 atom stereocenters. The third kappa shape index (κ3) is 2.48. The maximum absolute atomic E-state index is 13.0. The Kier molecular flexibility index (Phi) is 3.77. The number of benzene rings is 1. The number of halogens is 1. The number of hydrogen-bond acceptors (Lipinski definition) is 1. The Morgan fingerprint density at radius 3 is 2.71 bits per heavy atom. The Morgan fingerprint density at radius 2 is 2.00 bits per heavy atom. The van der Waals surface area contributed by atoms with Crippen molar-refractivity contribution in [3.63, 3.8) is 0 Å². The van der Waals surface area contributed by atoms with Crippen LogP contribution in [0, 0.1) is 5.92 Å². The van der Waals surface area contributed by atoms with Crippen molar-refractivity contribution < 1.29 is 14.3 Å². The third-order valence-corrected chi connectivity index (χ3v) is 3.70. The molecular formula is C14H17FO2. The zero-order valence-electron chi connectivity index (χ0n) is 9.73. The predicted molar refractivity (Wildman–Crippen MR) is 64.1 cm³/mol. The van der Waals surface area contributed by atoms with Crippen LogP contribution in [-0.4, -0.2) is 17.8 Å². The molecular weight excluding hydrogens is 219 g/mol. The van der Waals surface area contributed by atoms with E-state index in [1.54, 1.807) is 12.1 Å². The molecule has 0 saturated heterocycles. The van der Waals surface area contributed by atoms with Crippen LogP contribution in [0.1, 0.15) is 47.5 Å². The first-order valence-corrected chi connectivity index (χ1v) is 6.12. The van der Waals surface area contributed by atoms with Gasteiger partial charge in [-0.25, -0.2) is 4.79 Å². The van der Waals surface area contributed by atoms with E-state index in [1.807, 2.05) is 12.1 Å². The van der Waals surface area contributed by atoms with Crippen LogP contribution in [0.2, 0.25) is 0 Å². The molecule has 1 aliphatic rings. The number of carbonyl (C=O) groups is 1. The van der Waals surface area contributed by atoms with Crippen LogP contribution in [0.5, 0.6) is 0 Å². The number of carboxylic acid groups (broad SMARTS) is 1. The van der Waals surface area contributed by atoms with Gasteiger partial charge in [0.2, 0.25) is 0 Å². The molecule has 2 nitrogen and oxygen atoms in total. The molecule has 92 valence electrons. The minimum atomic E-state index is -0.913. The van der Waals surface area contributed by atoms with E-state index in [9.17, 15) is 9.18 Å². The van der Waals surface area contributed by atoms with E-state index in [4.69, 9.17) is 5.11 Å². The first-order chi connectivity index (χ1) is 8.24. The lowest BCUT2D eigenvalue weighted by Gasteiger charge is -2.30. The highest BCUT2D eigenvalue weighted by atomic mass is 19.1. The average molecular weight is 236 g/mol. The molecule has 2 rings (SSSR count). The molecule has 0 bridgehead atoms. The van der Waals surface area contributed by atoms with Crippen LogP contribution in [0.4, 0.5) is 4.39 Å². The maximum Gasteiger partial charge on any atom is 0.335 e. The molecule has 1 N–H and O–H groups in total. The first-order valence-electron chi connectivity index (χ1n) is 6.12. The zero-order chi connectivity index (χ0) is 12.3. The number of aromatic carboxylic acids is 1. The Morgan fingerprint density at radius 1 is 1.29 bits per heavy atom. The molecule has 3 heteroatoms. The second-order valence-electron chi connectivity index (χ2n) is 4.70. The van der Waals surface area contributed by atoms with Crippen molar-refractivity contribution in [3.05, 3.63) is 35.4 Å². The lowest BCUT2D eigenvalue weighted by Crippen LogP contribution is -2.21. The van der Waals surface area contributed by atoms with Gasteiger partial charge in [0.25, 0.3) is 0 Å². The van der Waals surface area contributed by atoms with E-state index in [2.05, 4.69) is 0 Å². The van der Waals surface area contributed by atoms with Gasteiger partial charge in [0.05, 0.1) is 12.2 Å². The molecule has 1 aromatic rings. The summed E-state index contributed by atoms with van der Waals surface area (Å²) in [5, 5.41) is 9.16. The third-order valence-electron chi connectivity index (χ3n) is 3.70. The number of alkyl halides is 1. The van der Waals surface area contributed by atoms with Crippen LogP contribution in [-0.2, 0) is 0 Å². The van der Waals surface area contributed by atoms with Gasteiger partial charge >= 0.3 is 5.97 Å². The van der Waals surface area contributed by atoms with E-state index in [0.29, 0.717) is 5.56 Å². The van der Waals surface area contributed by atoms with Crippen LogP contribution < -0.4 is 0 Å². The van der Waals surface area contributed by atoms with Gasteiger partial charge in [-0.1, -0.05) is 31.0 Å². The highest BCUT2D eigenvalue weighted by Crippen LogP contribution is 2.39. The van der Waals surface area contributed by atoms with Gasteiger partial charge in [0, 0.05) is 0 Å². The van der Waals surface area contributed by atoms with Crippen molar-refractivity contribution >= 4 is 5.97 Å². The second-order valence-corrected chi connectivity index (χ2v) is 4.70. The lowest BCUT2D eigenvalue weighted by molar-refractivity contribution is 0.0693. The summed E-state index contributed by atoms with van der Waals surface area (Å²) in [6, 6.07) is 7.01. The summed E-state index contributed by atoms with van der Waals surface area (Å²) in [6.07, 6.45) is 3.89. The summed E-state index contributed by atoms with van der Waals surface area (Å²) in [6.45, 7) is -0.349. The Labute approximate surface area is 100 Å². The van der Waals surface area contributed by atoms with Crippen molar-refractivity contribution in [3.8, 4) is 0 Å². The van der Waals surface area contributed by atoms with Crippen LogP contribution in [0.15, 0.2) is 24.3 Å². The monoisotopic (exact) mass is 236 g/mol. The Balaban J connectivity index is 2.34. The van der Waals surface area contributed by atoms with Crippen molar-refractivity contribution in [1.82, 2.24) is 0 Å². The second kappa shape index (κ2) is 5.30. The fourth-order valence-electron chi connectivity index (χ4n) is 2.82. The molecule has 1 aromatic carbocycles. The molecule has 1 saturated carbocycles. The SMILES string of the molecule is O=C(O)c1ccccc1C1CCCCC1CF. The normalized spacial score (nSPS) is 24.5. The number of hydrogen-bond donors (Lipinski definition) is 1. The summed E-state index contributed by atoms with van der Waals surface area (Å²) >= 11 is 0. The molecule has 0 aromatic heterocycles. The fraction of sp³-hybridized carbons (Fsp3) is 0.500. The standard InChI is InChI=1S/C14H17FO2/c15-9-10-5-1-2-6-11(10)12-7-3-4-8-13(12)14(16)17/h3-4,7-8,10-11H,1-2,5-6,9H2,(H,16,17). The minimum absolute atomic E-state index is 0.00995. The lowest BCUT2D eigenvalue weighted by atomic mass is 9.75. The molecule has 1 fully saturated rings. The largest absolute Gasteiger partial charge is 0.478 e. The average Bonchev–Trinajstić information content (AvgIpc) is 2.38. The van der Waals surface area contributed by atoms with Crippen LogP contribution in [0.25, 0.3) is 0 Å². The highest BCUT2D eigenvalue weighted by Gasteiger charge is 2.29. The quantitative estimate of drug-likeness (QED) is 0.870. The molecule has 0 spiro atoms.